The molecule has 0 amide bonds. The van der Waals surface area contributed by atoms with Gasteiger partial charge in [0, 0.05) is 25.9 Å². The minimum atomic E-state index is -3.68. The summed E-state index contributed by atoms with van der Waals surface area (Å²) in [4.78, 5) is 22.4. The van der Waals surface area contributed by atoms with Gasteiger partial charge in [0.25, 0.3) is 0 Å². The molecule has 5 nitrogen and oxygen atoms in total. The van der Waals surface area contributed by atoms with Gasteiger partial charge >= 0.3 is 0 Å². The van der Waals surface area contributed by atoms with Gasteiger partial charge in [0.15, 0.2) is 0 Å². The topological polar surface area (TPSA) is 71.5 Å². The van der Waals surface area contributed by atoms with Crippen LogP contribution < -0.4 is 0 Å². The molecule has 0 atom stereocenters. The predicted molar refractivity (Wildman–Crippen MR) is 80.5 cm³/mol. The third kappa shape index (κ3) is 5.40. The molecule has 1 aromatic carbocycles. The van der Waals surface area contributed by atoms with Crippen molar-refractivity contribution in [3.8, 4) is 0 Å². The SMILES string of the molecule is CC(=O)CCN(CCC(C)=O)S(=O)(=O)c1ccc(C)cc1. The normalized spacial score (nSPS) is 11.6. The number of hydrogen-bond acceptors (Lipinski definition) is 4. The first-order chi connectivity index (χ1) is 9.73. The fraction of sp³-hybridized carbons (Fsp3) is 0.467. The highest BCUT2D eigenvalue weighted by Gasteiger charge is 2.24. The molecule has 0 aliphatic carbocycles. The zero-order valence-corrected chi connectivity index (χ0v) is 13.4. The Morgan fingerprint density at radius 3 is 1.76 bits per heavy atom. The van der Waals surface area contributed by atoms with Crippen LogP contribution in [0.15, 0.2) is 29.2 Å². The zero-order valence-electron chi connectivity index (χ0n) is 12.6. The van der Waals surface area contributed by atoms with E-state index in [1.807, 2.05) is 6.92 Å². The number of hydrogen-bond donors (Lipinski definition) is 0. The van der Waals surface area contributed by atoms with E-state index < -0.39 is 10.0 Å². The van der Waals surface area contributed by atoms with Gasteiger partial charge in [-0.2, -0.15) is 4.31 Å². The molecular weight excluding hydrogens is 290 g/mol. The number of benzene rings is 1. The maximum Gasteiger partial charge on any atom is 0.243 e. The van der Waals surface area contributed by atoms with E-state index in [0.29, 0.717) is 0 Å². The molecule has 0 saturated heterocycles. The third-order valence-corrected chi connectivity index (χ3v) is 5.00. The lowest BCUT2D eigenvalue weighted by Gasteiger charge is -2.21. The van der Waals surface area contributed by atoms with Crippen LogP contribution in [0.3, 0.4) is 0 Å². The van der Waals surface area contributed by atoms with Gasteiger partial charge in [0.2, 0.25) is 10.0 Å². The summed E-state index contributed by atoms with van der Waals surface area (Å²) in [6.45, 7) is 4.90. The van der Waals surface area contributed by atoms with E-state index in [0.717, 1.165) is 5.56 Å². The van der Waals surface area contributed by atoms with Crippen molar-refractivity contribution in [1.29, 1.82) is 0 Å². The van der Waals surface area contributed by atoms with Crippen LogP contribution >= 0.6 is 0 Å². The Kier molecular flexibility index (Phi) is 6.23. The van der Waals surface area contributed by atoms with Crippen molar-refractivity contribution in [1.82, 2.24) is 4.31 Å². The summed E-state index contributed by atoms with van der Waals surface area (Å²) in [6.07, 6.45) is 0.284. The Morgan fingerprint density at radius 1 is 0.952 bits per heavy atom. The van der Waals surface area contributed by atoms with E-state index in [1.165, 1.54) is 18.2 Å². The van der Waals surface area contributed by atoms with Gasteiger partial charge in [-0.05, 0) is 32.9 Å². The van der Waals surface area contributed by atoms with Crippen molar-refractivity contribution in [2.75, 3.05) is 13.1 Å². The van der Waals surface area contributed by atoms with Crippen LogP contribution in [0.5, 0.6) is 0 Å². The molecule has 0 saturated carbocycles. The maximum atomic E-state index is 12.6. The molecule has 0 aliphatic rings. The molecular formula is C15H21NO4S. The average molecular weight is 311 g/mol. The van der Waals surface area contributed by atoms with Crippen LogP contribution in [0.25, 0.3) is 0 Å². The van der Waals surface area contributed by atoms with Crippen LogP contribution in [0.1, 0.15) is 32.3 Å². The first-order valence-corrected chi connectivity index (χ1v) is 8.23. The number of sulfonamides is 1. The quantitative estimate of drug-likeness (QED) is 0.735. The Balaban J connectivity index is 3.00. The molecule has 0 aromatic heterocycles. The summed E-state index contributed by atoms with van der Waals surface area (Å²) in [7, 11) is -3.68. The average Bonchev–Trinajstić information content (AvgIpc) is 2.38. The molecule has 0 unspecified atom stereocenters. The van der Waals surface area contributed by atoms with Gasteiger partial charge in [-0.25, -0.2) is 8.42 Å². The van der Waals surface area contributed by atoms with Gasteiger partial charge in [-0.1, -0.05) is 17.7 Å². The Labute approximate surface area is 126 Å². The van der Waals surface area contributed by atoms with Crippen molar-refractivity contribution in [2.24, 2.45) is 0 Å². The van der Waals surface area contributed by atoms with Crippen molar-refractivity contribution in [3.63, 3.8) is 0 Å². The zero-order chi connectivity index (χ0) is 16.0. The summed E-state index contributed by atoms with van der Waals surface area (Å²) in [6, 6.07) is 6.53. The summed E-state index contributed by atoms with van der Waals surface area (Å²) < 4.78 is 26.4. The lowest BCUT2D eigenvalue weighted by atomic mass is 10.2. The molecule has 0 fully saturated rings. The van der Waals surface area contributed by atoms with Gasteiger partial charge in [0.05, 0.1) is 4.90 Å². The second kappa shape index (κ2) is 7.47. The predicted octanol–water partition coefficient (Wildman–Crippen LogP) is 1.94. The summed E-state index contributed by atoms with van der Waals surface area (Å²) >= 11 is 0. The number of carbonyl (C=O) groups excluding carboxylic acids is 2. The lowest BCUT2D eigenvalue weighted by Crippen LogP contribution is -2.34. The number of nitrogens with zero attached hydrogens (tertiary/aromatic N) is 1. The molecule has 21 heavy (non-hydrogen) atoms. The van der Waals surface area contributed by atoms with Crippen molar-refractivity contribution >= 4 is 21.6 Å². The molecule has 0 N–H and O–H groups in total. The van der Waals surface area contributed by atoms with Gasteiger partial charge in [-0.3, -0.25) is 9.59 Å². The molecule has 116 valence electrons. The first-order valence-electron chi connectivity index (χ1n) is 6.79. The highest BCUT2D eigenvalue weighted by atomic mass is 32.2. The molecule has 0 heterocycles. The summed E-state index contributed by atoms with van der Waals surface area (Å²) in [5, 5.41) is 0. The number of carbonyl (C=O) groups is 2. The van der Waals surface area contributed by atoms with Crippen LogP contribution in [-0.4, -0.2) is 37.4 Å². The van der Waals surface area contributed by atoms with Gasteiger partial charge in [0.1, 0.15) is 11.6 Å². The highest BCUT2D eigenvalue weighted by Crippen LogP contribution is 2.17. The van der Waals surface area contributed by atoms with E-state index in [2.05, 4.69) is 0 Å². The maximum absolute atomic E-state index is 12.6. The van der Waals surface area contributed by atoms with Crippen LogP contribution in [0.4, 0.5) is 0 Å². The fourth-order valence-corrected chi connectivity index (χ4v) is 3.22. The third-order valence-electron chi connectivity index (χ3n) is 3.09. The van der Waals surface area contributed by atoms with E-state index in [4.69, 9.17) is 0 Å². The number of rotatable bonds is 8. The van der Waals surface area contributed by atoms with Gasteiger partial charge < -0.3 is 0 Å². The molecule has 1 aromatic rings. The van der Waals surface area contributed by atoms with Crippen LogP contribution in [0, 0.1) is 6.92 Å². The largest absolute Gasteiger partial charge is 0.300 e. The Morgan fingerprint density at radius 2 is 1.38 bits per heavy atom. The second-order valence-corrected chi connectivity index (χ2v) is 7.06. The van der Waals surface area contributed by atoms with E-state index in [9.17, 15) is 18.0 Å². The monoisotopic (exact) mass is 311 g/mol. The Bertz CT molecular complexity index is 587. The fourth-order valence-electron chi connectivity index (χ4n) is 1.78. The van der Waals surface area contributed by atoms with Crippen LogP contribution in [0.2, 0.25) is 0 Å². The number of aryl methyl sites for hydroxylation is 1. The van der Waals surface area contributed by atoms with Gasteiger partial charge in [-0.15, -0.1) is 0 Å². The van der Waals surface area contributed by atoms with E-state index >= 15 is 0 Å². The lowest BCUT2D eigenvalue weighted by molar-refractivity contribution is -0.117. The number of ketones is 2. The van der Waals surface area contributed by atoms with E-state index in [1.54, 1.807) is 24.3 Å². The molecule has 6 heteroatoms. The number of Topliss-reactive ketones (excluding diaryl/α,β-unsaturated/α-hetero) is 2. The Hall–Kier alpha value is -1.53. The summed E-state index contributed by atoms with van der Waals surface area (Å²) in [5.74, 6) is -0.163. The second-order valence-electron chi connectivity index (χ2n) is 5.12. The van der Waals surface area contributed by atoms with Crippen molar-refractivity contribution < 1.29 is 18.0 Å². The minimum absolute atomic E-state index is 0.0815. The molecule has 0 bridgehead atoms. The smallest absolute Gasteiger partial charge is 0.243 e. The van der Waals surface area contributed by atoms with Crippen molar-refractivity contribution in [2.45, 2.75) is 38.5 Å². The molecule has 0 radical (unpaired) electrons. The molecule has 0 aliphatic heterocycles. The standard InChI is InChI=1S/C15H21NO4S/c1-12-4-6-15(7-5-12)21(19,20)16(10-8-13(2)17)11-9-14(3)18/h4-7H,8-11H2,1-3H3. The minimum Gasteiger partial charge on any atom is -0.300 e. The van der Waals surface area contributed by atoms with Crippen LogP contribution in [-0.2, 0) is 19.6 Å². The summed E-state index contributed by atoms with van der Waals surface area (Å²) in [5.41, 5.74) is 0.966. The first kappa shape index (κ1) is 17.5. The highest BCUT2D eigenvalue weighted by molar-refractivity contribution is 7.89. The molecule has 1 rings (SSSR count). The van der Waals surface area contributed by atoms with Crippen molar-refractivity contribution in [3.05, 3.63) is 29.8 Å². The van der Waals surface area contributed by atoms with E-state index in [-0.39, 0.29) is 42.4 Å². The molecule has 0 spiro atoms.